The van der Waals surface area contributed by atoms with Gasteiger partial charge in [0.25, 0.3) is 0 Å². The number of aromatic nitrogens is 6. The first kappa shape index (κ1) is 4.24. The number of H-pyrrole nitrogens is 1. The number of hydrogen-bond acceptors (Lipinski definition) is 5. The van der Waals surface area contributed by atoms with E-state index in [1.165, 1.54) is 0 Å². The van der Waals surface area contributed by atoms with Gasteiger partial charge in [-0.1, -0.05) is 0 Å². The molecule has 0 unspecified atom stereocenters. The lowest BCUT2D eigenvalue weighted by Gasteiger charge is -1.79. The van der Waals surface area contributed by atoms with Gasteiger partial charge in [0.15, 0.2) is 0 Å². The minimum atomic E-state index is 0.428. The number of nitrogens with zero attached hydrogens (tertiary/aromatic N) is 5. The minimum Gasteiger partial charge on any atom is -0.320 e. The van der Waals surface area contributed by atoms with Gasteiger partial charge in [0.1, 0.15) is 0 Å². The Morgan fingerprint density at radius 1 is 1.44 bits per heavy atom. The van der Waals surface area contributed by atoms with Crippen molar-refractivity contribution >= 4 is 11.3 Å². The van der Waals surface area contributed by atoms with E-state index in [4.69, 9.17) is 5.84 Å². The molecular weight excluding hydrogens is 122 g/mol. The van der Waals surface area contributed by atoms with Gasteiger partial charge in [0.2, 0.25) is 11.3 Å². The van der Waals surface area contributed by atoms with Crippen LogP contribution in [0.3, 0.4) is 0 Å². The van der Waals surface area contributed by atoms with E-state index in [9.17, 15) is 0 Å². The van der Waals surface area contributed by atoms with Crippen molar-refractivity contribution in [2.24, 2.45) is 0 Å². The Kier molecular flexibility index (Phi) is 0.560. The first-order valence-corrected chi connectivity index (χ1v) is 2.25. The smallest absolute Gasteiger partial charge is 0.245 e. The second-order valence-electron chi connectivity index (χ2n) is 1.50. The second-order valence-corrected chi connectivity index (χ2v) is 1.50. The molecular formula is C2H3N7. The fraction of sp³-hybridized carbons (Fsp3) is 0. The van der Waals surface area contributed by atoms with E-state index in [0.717, 1.165) is 4.79 Å². The highest BCUT2D eigenvalue weighted by molar-refractivity contribution is 5.62. The van der Waals surface area contributed by atoms with Gasteiger partial charge in [-0.05, 0) is 5.21 Å². The Labute approximate surface area is 48.8 Å². The molecule has 0 saturated heterocycles. The van der Waals surface area contributed by atoms with Crippen molar-refractivity contribution in [2.45, 2.75) is 0 Å². The summed E-state index contributed by atoms with van der Waals surface area (Å²) in [6.07, 6.45) is 0. The SMILES string of the molecule is Nn1nnc2n[nH]nc21. The summed E-state index contributed by atoms with van der Waals surface area (Å²) in [5, 5.41) is 16.7. The van der Waals surface area contributed by atoms with E-state index in [-0.39, 0.29) is 0 Å². The third-order valence-corrected chi connectivity index (χ3v) is 0.965. The van der Waals surface area contributed by atoms with Crippen LogP contribution < -0.4 is 5.84 Å². The van der Waals surface area contributed by atoms with Crippen molar-refractivity contribution in [3.63, 3.8) is 0 Å². The van der Waals surface area contributed by atoms with Crippen LogP contribution >= 0.6 is 0 Å². The molecule has 46 valence electrons. The van der Waals surface area contributed by atoms with E-state index in [1.54, 1.807) is 0 Å². The predicted octanol–water partition coefficient (Wildman–Crippen LogP) is -1.74. The Morgan fingerprint density at radius 2 is 2.33 bits per heavy atom. The number of aromatic amines is 1. The molecule has 7 nitrogen and oxygen atoms in total. The fourth-order valence-electron chi connectivity index (χ4n) is 0.573. The van der Waals surface area contributed by atoms with Gasteiger partial charge in [0, 0.05) is 0 Å². The number of nitrogens with two attached hydrogens (primary N) is 1. The van der Waals surface area contributed by atoms with E-state index in [0.29, 0.717) is 11.3 Å². The molecule has 0 aliphatic rings. The lowest BCUT2D eigenvalue weighted by atomic mass is 10.8. The van der Waals surface area contributed by atoms with Crippen molar-refractivity contribution < 1.29 is 0 Å². The Morgan fingerprint density at radius 3 is 3.11 bits per heavy atom. The number of fused-ring (bicyclic) bond motifs is 1. The predicted molar refractivity (Wildman–Crippen MR) is 27.6 cm³/mol. The molecule has 0 atom stereocenters. The molecule has 2 heterocycles. The summed E-state index contributed by atoms with van der Waals surface area (Å²) in [6, 6.07) is 0. The summed E-state index contributed by atoms with van der Waals surface area (Å²) in [4.78, 5) is 1.05. The molecule has 0 aromatic carbocycles. The van der Waals surface area contributed by atoms with Crippen LogP contribution in [-0.4, -0.2) is 30.5 Å². The third-order valence-electron chi connectivity index (χ3n) is 0.965. The zero-order valence-electron chi connectivity index (χ0n) is 4.31. The molecule has 2 aromatic rings. The lowest BCUT2D eigenvalue weighted by Crippen LogP contribution is -2.10. The monoisotopic (exact) mass is 125 g/mol. The molecule has 7 heteroatoms. The van der Waals surface area contributed by atoms with Crippen LogP contribution in [0.15, 0.2) is 0 Å². The van der Waals surface area contributed by atoms with Gasteiger partial charge < -0.3 is 5.84 Å². The first-order chi connectivity index (χ1) is 4.38. The van der Waals surface area contributed by atoms with Gasteiger partial charge in [-0.15, -0.1) is 20.1 Å². The number of nitrogens with one attached hydrogen (secondary N) is 1. The lowest BCUT2D eigenvalue weighted by molar-refractivity contribution is 0.760. The Bertz CT molecular complexity index is 316. The van der Waals surface area contributed by atoms with Gasteiger partial charge in [0.05, 0.1) is 0 Å². The molecule has 2 aromatic heterocycles. The normalized spacial score (nSPS) is 10.7. The number of hydrogen-bond donors (Lipinski definition) is 2. The highest BCUT2D eigenvalue weighted by Crippen LogP contribution is 1.95. The summed E-state index contributed by atoms with van der Waals surface area (Å²) in [6.45, 7) is 0. The van der Waals surface area contributed by atoms with Crippen molar-refractivity contribution in [1.82, 2.24) is 30.5 Å². The zero-order valence-corrected chi connectivity index (χ0v) is 4.31. The van der Waals surface area contributed by atoms with Crippen LogP contribution in [0, 0.1) is 0 Å². The van der Waals surface area contributed by atoms with Gasteiger partial charge >= 0.3 is 0 Å². The third kappa shape index (κ3) is 0.397. The zero-order chi connectivity index (χ0) is 6.27. The van der Waals surface area contributed by atoms with Crippen LogP contribution in [0.2, 0.25) is 0 Å². The van der Waals surface area contributed by atoms with Gasteiger partial charge in [-0.2, -0.15) is 5.21 Å². The maximum Gasteiger partial charge on any atom is 0.245 e. The van der Waals surface area contributed by atoms with Crippen LogP contribution in [-0.2, 0) is 0 Å². The van der Waals surface area contributed by atoms with E-state index >= 15 is 0 Å². The Balaban J connectivity index is 2.99. The highest BCUT2D eigenvalue weighted by Gasteiger charge is 2.02. The second kappa shape index (κ2) is 1.19. The summed E-state index contributed by atoms with van der Waals surface area (Å²) in [5.74, 6) is 5.24. The van der Waals surface area contributed by atoms with Crippen LogP contribution in [0.5, 0.6) is 0 Å². The first-order valence-electron chi connectivity index (χ1n) is 2.25. The fourth-order valence-corrected chi connectivity index (χ4v) is 0.573. The molecule has 0 aliphatic heterocycles. The van der Waals surface area contributed by atoms with E-state index in [2.05, 4.69) is 25.7 Å². The van der Waals surface area contributed by atoms with E-state index in [1.807, 2.05) is 0 Å². The number of nitrogen functional groups attached to an aromatic ring is 1. The van der Waals surface area contributed by atoms with Gasteiger partial charge in [-0.25, -0.2) is 0 Å². The minimum absolute atomic E-state index is 0.428. The van der Waals surface area contributed by atoms with Crippen LogP contribution in [0.25, 0.3) is 11.3 Å². The average Bonchev–Trinajstić information content (AvgIpc) is 2.35. The van der Waals surface area contributed by atoms with E-state index < -0.39 is 0 Å². The molecule has 0 saturated carbocycles. The quantitative estimate of drug-likeness (QED) is 0.407. The molecule has 0 spiro atoms. The van der Waals surface area contributed by atoms with Crippen molar-refractivity contribution in [3.05, 3.63) is 0 Å². The summed E-state index contributed by atoms with van der Waals surface area (Å²) in [7, 11) is 0. The molecule has 0 bridgehead atoms. The largest absolute Gasteiger partial charge is 0.320 e. The molecule has 2 rings (SSSR count). The van der Waals surface area contributed by atoms with Crippen molar-refractivity contribution in [1.29, 1.82) is 0 Å². The molecule has 0 amide bonds. The topological polar surface area (TPSA) is 98.3 Å². The van der Waals surface area contributed by atoms with Crippen molar-refractivity contribution in [3.8, 4) is 0 Å². The molecule has 9 heavy (non-hydrogen) atoms. The Hall–Kier alpha value is -1.66. The van der Waals surface area contributed by atoms with Crippen molar-refractivity contribution in [2.75, 3.05) is 5.84 Å². The summed E-state index contributed by atoms with van der Waals surface area (Å²) in [5.41, 5.74) is 0.882. The standard InChI is InChI=1S/C2H3N7/c3-9-2-1(5-8-9)4-7-6-2/h3H2,(H,4,6,7). The molecule has 0 fully saturated rings. The average molecular weight is 125 g/mol. The number of rotatable bonds is 0. The molecule has 0 radical (unpaired) electrons. The van der Waals surface area contributed by atoms with Crippen LogP contribution in [0.1, 0.15) is 0 Å². The maximum absolute atomic E-state index is 5.24. The van der Waals surface area contributed by atoms with Gasteiger partial charge in [-0.3, -0.25) is 0 Å². The summed E-state index contributed by atoms with van der Waals surface area (Å²) >= 11 is 0. The van der Waals surface area contributed by atoms with Crippen LogP contribution in [0.4, 0.5) is 0 Å². The molecule has 3 N–H and O–H groups in total. The highest BCUT2D eigenvalue weighted by atomic mass is 15.6. The molecule has 0 aliphatic carbocycles. The maximum atomic E-state index is 5.24. The summed E-state index contributed by atoms with van der Waals surface area (Å²) < 4.78 is 0.